The molecule has 4 heteroatoms. The van der Waals surface area contributed by atoms with Gasteiger partial charge in [0.1, 0.15) is 0 Å². The highest BCUT2D eigenvalue weighted by Crippen LogP contribution is 2.35. The molecule has 13 heavy (non-hydrogen) atoms. The quantitative estimate of drug-likeness (QED) is 0.606. The Morgan fingerprint density at radius 2 is 2.08 bits per heavy atom. The van der Waals surface area contributed by atoms with Crippen LogP contribution in [0.15, 0.2) is 18.2 Å². The molecule has 3 nitrogen and oxygen atoms in total. The molecule has 0 spiro atoms. The Labute approximate surface area is 79.0 Å². The first-order valence-electron chi connectivity index (χ1n) is 3.82. The Morgan fingerprint density at radius 1 is 1.31 bits per heavy atom. The molecule has 0 unspecified atom stereocenters. The van der Waals surface area contributed by atoms with E-state index < -0.39 is 0 Å². The number of aromatic hydroxyl groups is 1. The molecular weight excluding hydrogens is 186 g/mol. The van der Waals surface area contributed by atoms with Gasteiger partial charge in [0.05, 0.1) is 11.3 Å². The van der Waals surface area contributed by atoms with Crippen LogP contribution in [0.3, 0.4) is 0 Å². The first-order valence-corrected chi connectivity index (χ1v) is 4.64. The number of hydrogen-bond donors (Lipinski definition) is 3. The summed E-state index contributed by atoms with van der Waals surface area (Å²) in [6, 6.07) is 5.19. The predicted octanol–water partition coefficient (Wildman–Crippen LogP) is 1.68. The Hall–Kier alpha value is -1.26. The molecule has 2 rings (SSSR count). The molecule has 1 heterocycles. The molecule has 1 aromatic heterocycles. The molecule has 0 aliphatic carbocycles. The third-order valence-corrected chi connectivity index (χ3v) is 2.88. The Bertz CT molecular complexity index is 450. The molecule has 0 radical (unpaired) electrons. The van der Waals surface area contributed by atoms with Crippen LogP contribution < -0.4 is 5.73 Å². The van der Waals surface area contributed by atoms with Crippen LogP contribution in [0, 0.1) is 0 Å². The van der Waals surface area contributed by atoms with Crippen LogP contribution in [0.5, 0.6) is 5.06 Å². The van der Waals surface area contributed by atoms with Gasteiger partial charge in [0.15, 0.2) is 5.06 Å². The second kappa shape index (κ2) is 2.90. The fourth-order valence-corrected chi connectivity index (χ4v) is 2.13. The van der Waals surface area contributed by atoms with E-state index in [9.17, 15) is 5.11 Å². The monoisotopic (exact) mass is 195 g/mol. The van der Waals surface area contributed by atoms with E-state index in [1.165, 1.54) is 11.3 Å². The largest absolute Gasteiger partial charge is 0.499 e. The maximum absolute atomic E-state index is 9.24. The number of thiophene rings is 1. The number of aliphatic hydroxyl groups excluding tert-OH is 1. The van der Waals surface area contributed by atoms with E-state index in [4.69, 9.17) is 10.8 Å². The highest BCUT2D eigenvalue weighted by atomic mass is 32.1. The van der Waals surface area contributed by atoms with Crippen molar-refractivity contribution in [3.63, 3.8) is 0 Å². The minimum atomic E-state index is -0.0310. The smallest absolute Gasteiger partial charge is 0.172 e. The SMILES string of the molecule is Nc1cc(CO)cc2cc(O)sc12. The minimum Gasteiger partial charge on any atom is -0.499 e. The number of aliphatic hydroxyl groups is 1. The highest BCUT2D eigenvalue weighted by molar-refractivity contribution is 7.21. The van der Waals surface area contributed by atoms with E-state index in [-0.39, 0.29) is 11.7 Å². The lowest BCUT2D eigenvalue weighted by atomic mass is 10.1. The first-order chi connectivity index (χ1) is 6.20. The standard InChI is InChI=1S/C9H9NO2S/c10-7-2-5(4-11)1-6-3-8(12)13-9(6)7/h1-3,11-12H,4,10H2. The summed E-state index contributed by atoms with van der Waals surface area (Å²) in [5, 5.41) is 19.3. The lowest BCUT2D eigenvalue weighted by molar-refractivity contribution is 0.282. The van der Waals surface area contributed by atoms with Gasteiger partial charge in [0, 0.05) is 5.69 Å². The van der Waals surface area contributed by atoms with Crippen molar-refractivity contribution in [1.29, 1.82) is 0 Å². The molecule has 0 fully saturated rings. The van der Waals surface area contributed by atoms with Crippen LogP contribution in [-0.2, 0) is 6.61 Å². The number of rotatable bonds is 1. The molecule has 4 N–H and O–H groups in total. The van der Waals surface area contributed by atoms with Gasteiger partial charge in [-0.05, 0) is 29.1 Å². The fraction of sp³-hybridized carbons (Fsp3) is 0.111. The summed E-state index contributed by atoms with van der Waals surface area (Å²) in [6.07, 6.45) is 0. The lowest BCUT2D eigenvalue weighted by Crippen LogP contribution is -1.88. The van der Waals surface area contributed by atoms with Crippen molar-refractivity contribution >= 4 is 27.1 Å². The van der Waals surface area contributed by atoms with Crippen LogP contribution in [-0.4, -0.2) is 10.2 Å². The van der Waals surface area contributed by atoms with E-state index in [1.54, 1.807) is 12.1 Å². The number of hydrogen-bond acceptors (Lipinski definition) is 4. The van der Waals surface area contributed by atoms with Crippen LogP contribution in [0.4, 0.5) is 5.69 Å². The number of fused-ring (bicyclic) bond motifs is 1. The van der Waals surface area contributed by atoms with Crippen LogP contribution >= 0.6 is 11.3 Å². The van der Waals surface area contributed by atoms with Crippen LogP contribution in [0.1, 0.15) is 5.56 Å². The number of benzene rings is 1. The summed E-state index contributed by atoms with van der Waals surface area (Å²) >= 11 is 1.25. The van der Waals surface area contributed by atoms with E-state index in [0.29, 0.717) is 5.69 Å². The van der Waals surface area contributed by atoms with Gasteiger partial charge in [-0.1, -0.05) is 11.3 Å². The van der Waals surface area contributed by atoms with E-state index >= 15 is 0 Å². The molecule has 0 atom stereocenters. The fourth-order valence-electron chi connectivity index (χ4n) is 1.32. The second-order valence-electron chi connectivity index (χ2n) is 2.85. The summed E-state index contributed by atoms with van der Waals surface area (Å²) in [4.78, 5) is 0. The molecule has 1 aromatic carbocycles. The second-order valence-corrected chi connectivity index (χ2v) is 3.88. The maximum Gasteiger partial charge on any atom is 0.172 e. The summed E-state index contributed by atoms with van der Waals surface area (Å²) < 4.78 is 0.870. The number of nitrogens with two attached hydrogens (primary N) is 1. The summed E-state index contributed by atoms with van der Waals surface area (Å²) in [6.45, 7) is -0.0310. The van der Waals surface area contributed by atoms with Crippen molar-refractivity contribution in [1.82, 2.24) is 0 Å². The van der Waals surface area contributed by atoms with Crippen molar-refractivity contribution in [2.75, 3.05) is 5.73 Å². The molecule has 68 valence electrons. The molecule has 0 aliphatic heterocycles. The topological polar surface area (TPSA) is 66.5 Å². The van der Waals surface area contributed by atoms with Crippen molar-refractivity contribution in [3.05, 3.63) is 23.8 Å². The van der Waals surface area contributed by atoms with Crippen molar-refractivity contribution in [2.24, 2.45) is 0 Å². The van der Waals surface area contributed by atoms with Crippen molar-refractivity contribution in [3.8, 4) is 5.06 Å². The van der Waals surface area contributed by atoms with Gasteiger partial charge in [0.2, 0.25) is 0 Å². The minimum absolute atomic E-state index is 0.0310. The Morgan fingerprint density at radius 3 is 2.77 bits per heavy atom. The molecule has 0 saturated carbocycles. The molecule has 0 amide bonds. The highest BCUT2D eigenvalue weighted by Gasteiger charge is 2.05. The molecule has 0 bridgehead atoms. The third-order valence-electron chi connectivity index (χ3n) is 1.87. The zero-order valence-corrected chi connectivity index (χ0v) is 7.64. The molecule has 2 aromatic rings. The third kappa shape index (κ3) is 1.34. The number of nitrogen functional groups attached to an aromatic ring is 1. The van der Waals surface area contributed by atoms with Crippen molar-refractivity contribution in [2.45, 2.75) is 6.61 Å². The molecule has 0 aliphatic rings. The normalized spacial score (nSPS) is 10.8. The molecule has 0 saturated heterocycles. The Kier molecular flexibility index (Phi) is 1.86. The van der Waals surface area contributed by atoms with Gasteiger partial charge in [0.25, 0.3) is 0 Å². The Balaban J connectivity index is 2.75. The van der Waals surface area contributed by atoms with E-state index in [2.05, 4.69) is 0 Å². The first kappa shape index (κ1) is 8.34. The zero-order valence-electron chi connectivity index (χ0n) is 6.82. The maximum atomic E-state index is 9.24. The van der Waals surface area contributed by atoms with Crippen LogP contribution in [0.25, 0.3) is 10.1 Å². The van der Waals surface area contributed by atoms with Gasteiger partial charge in [-0.25, -0.2) is 0 Å². The average Bonchev–Trinajstić information content (AvgIpc) is 2.46. The van der Waals surface area contributed by atoms with E-state index in [1.807, 2.05) is 6.07 Å². The van der Waals surface area contributed by atoms with Gasteiger partial charge < -0.3 is 15.9 Å². The van der Waals surface area contributed by atoms with Crippen molar-refractivity contribution < 1.29 is 10.2 Å². The number of anilines is 1. The van der Waals surface area contributed by atoms with E-state index in [0.717, 1.165) is 15.6 Å². The average molecular weight is 195 g/mol. The van der Waals surface area contributed by atoms with Gasteiger partial charge in [-0.2, -0.15) is 0 Å². The lowest BCUT2D eigenvalue weighted by Gasteiger charge is -1.99. The van der Waals surface area contributed by atoms with Gasteiger partial charge in [-0.15, -0.1) is 0 Å². The van der Waals surface area contributed by atoms with Crippen LogP contribution in [0.2, 0.25) is 0 Å². The summed E-state index contributed by atoms with van der Waals surface area (Å²) in [5.41, 5.74) is 7.10. The van der Waals surface area contributed by atoms with Gasteiger partial charge in [-0.3, -0.25) is 0 Å². The molecular formula is C9H9NO2S. The van der Waals surface area contributed by atoms with Gasteiger partial charge >= 0.3 is 0 Å². The predicted molar refractivity (Wildman–Crippen MR) is 53.8 cm³/mol. The summed E-state index contributed by atoms with van der Waals surface area (Å²) in [7, 11) is 0. The summed E-state index contributed by atoms with van der Waals surface area (Å²) in [5.74, 6) is 0. The zero-order chi connectivity index (χ0) is 9.42.